The fourth-order valence-corrected chi connectivity index (χ4v) is 3.26. The van der Waals surface area contributed by atoms with Crippen molar-refractivity contribution < 1.29 is 32.3 Å². The highest BCUT2D eigenvalue weighted by Crippen LogP contribution is 2.29. The molecule has 2 aromatic rings. The summed E-state index contributed by atoms with van der Waals surface area (Å²) >= 11 is 0. The number of carboxylic acids is 1. The highest BCUT2D eigenvalue weighted by Gasteiger charge is 2.37. The van der Waals surface area contributed by atoms with Crippen LogP contribution in [0.2, 0.25) is 0 Å². The van der Waals surface area contributed by atoms with Crippen LogP contribution in [0.25, 0.3) is 5.69 Å². The Balaban J connectivity index is 1.95. The van der Waals surface area contributed by atoms with Crippen LogP contribution >= 0.6 is 0 Å². The van der Waals surface area contributed by atoms with Crippen LogP contribution in [0.4, 0.5) is 17.6 Å². The topological polar surface area (TPSA) is 84.2 Å². The van der Waals surface area contributed by atoms with Crippen LogP contribution in [0.5, 0.6) is 0 Å². The molecular weight excluding hydrogens is 382 g/mol. The van der Waals surface area contributed by atoms with Crippen molar-refractivity contribution in [2.24, 2.45) is 0 Å². The number of aliphatic carboxylic acids is 1. The van der Waals surface area contributed by atoms with Crippen molar-refractivity contribution in [1.82, 2.24) is 15.1 Å². The third-order valence-electron chi connectivity index (χ3n) is 4.52. The summed E-state index contributed by atoms with van der Waals surface area (Å²) in [5.74, 6) is -3.38. The number of hydrogen-bond donors (Lipinski definition) is 2. The van der Waals surface area contributed by atoms with Gasteiger partial charge in [0.2, 0.25) is 0 Å². The third kappa shape index (κ3) is 4.00. The lowest BCUT2D eigenvalue weighted by Gasteiger charge is -2.15. The molecule has 1 heterocycles. The summed E-state index contributed by atoms with van der Waals surface area (Å²) in [4.78, 5) is 23.6. The number of aromatic nitrogens is 2. The van der Waals surface area contributed by atoms with E-state index in [9.17, 15) is 27.2 Å². The summed E-state index contributed by atoms with van der Waals surface area (Å²) in [5, 5.41) is 15.0. The largest absolute Gasteiger partial charge is 0.480 e. The molecule has 10 heteroatoms. The first-order valence-electron chi connectivity index (χ1n) is 8.54. The quantitative estimate of drug-likeness (QED) is 0.758. The molecule has 0 radical (unpaired) electrons. The normalized spacial score (nSPS) is 14.6. The number of carbonyl (C=O) groups excluding carboxylic acids is 1. The van der Waals surface area contributed by atoms with Gasteiger partial charge in [0.25, 0.3) is 5.91 Å². The number of hydrogen-bond acceptors (Lipinski definition) is 3. The van der Waals surface area contributed by atoms with E-state index in [0.29, 0.717) is 36.1 Å². The van der Waals surface area contributed by atoms with Crippen molar-refractivity contribution >= 4 is 11.9 Å². The molecule has 1 unspecified atom stereocenters. The number of alkyl halides is 3. The maximum atomic E-state index is 14.4. The molecule has 1 aliphatic carbocycles. The van der Waals surface area contributed by atoms with Crippen LogP contribution in [-0.4, -0.2) is 39.0 Å². The van der Waals surface area contributed by atoms with Gasteiger partial charge in [-0.05, 0) is 43.9 Å². The Morgan fingerprint density at radius 3 is 2.64 bits per heavy atom. The Hall–Kier alpha value is -2.91. The van der Waals surface area contributed by atoms with Crippen molar-refractivity contribution in [2.75, 3.05) is 0 Å². The number of aryl methyl sites for hydroxylation is 1. The summed E-state index contributed by atoms with van der Waals surface area (Å²) in [6, 6.07) is 2.35. The Bertz CT molecular complexity index is 937. The summed E-state index contributed by atoms with van der Waals surface area (Å²) < 4.78 is 53.3. The third-order valence-corrected chi connectivity index (χ3v) is 4.52. The van der Waals surface area contributed by atoms with E-state index < -0.39 is 36.3 Å². The fourth-order valence-electron chi connectivity index (χ4n) is 3.26. The molecule has 0 fully saturated rings. The summed E-state index contributed by atoms with van der Waals surface area (Å²) in [6.45, 7) is 1.71. The molecule has 0 bridgehead atoms. The Morgan fingerprint density at radius 1 is 1.32 bits per heavy atom. The number of fused-ring (bicyclic) bond motifs is 1. The van der Waals surface area contributed by atoms with Gasteiger partial charge in [-0.3, -0.25) is 4.79 Å². The van der Waals surface area contributed by atoms with E-state index in [1.54, 1.807) is 13.0 Å². The molecule has 0 aliphatic heterocycles. The first-order chi connectivity index (χ1) is 13.1. The van der Waals surface area contributed by atoms with Gasteiger partial charge in [-0.25, -0.2) is 13.9 Å². The molecule has 1 aromatic carbocycles. The number of nitrogens with one attached hydrogen (secondary N) is 1. The lowest BCUT2D eigenvalue weighted by molar-refractivity contribution is -0.157. The van der Waals surface area contributed by atoms with Crippen LogP contribution in [-0.2, 0) is 17.6 Å². The van der Waals surface area contributed by atoms with Crippen LogP contribution in [0.15, 0.2) is 18.2 Å². The molecule has 1 atom stereocenters. The minimum absolute atomic E-state index is 0.118. The maximum absolute atomic E-state index is 14.4. The molecule has 0 saturated heterocycles. The van der Waals surface area contributed by atoms with Gasteiger partial charge in [0.05, 0.1) is 6.42 Å². The van der Waals surface area contributed by atoms with Gasteiger partial charge in [-0.2, -0.15) is 18.3 Å². The SMILES string of the molecule is Cc1ccc(-n2nc(C(=O)NC(CC(F)(F)F)C(=O)O)c3c2CCC3)c(F)c1. The van der Waals surface area contributed by atoms with Crippen molar-refractivity contribution in [2.45, 2.75) is 44.8 Å². The zero-order chi connectivity index (χ0) is 20.6. The minimum atomic E-state index is -4.76. The van der Waals surface area contributed by atoms with Gasteiger partial charge in [-0.15, -0.1) is 0 Å². The van der Waals surface area contributed by atoms with Crippen molar-refractivity contribution in [1.29, 1.82) is 0 Å². The van der Waals surface area contributed by atoms with Gasteiger partial charge in [-0.1, -0.05) is 6.07 Å². The maximum Gasteiger partial charge on any atom is 0.391 e. The predicted octanol–water partition coefficient (Wildman–Crippen LogP) is 2.94. The highest BCUT2D eigenvalue weighted by molar-refractivity contribution is 5.96. The molecule has 0 saturated carbocycles. The molecule has 3 rings (SSSR count). The van der Waals surface area contributed by atoms with Crippen LogP contribution < -0.4 is 5.32 Å². The number of carboxylic acid groups (broad SMARTS) is 1. The van der Waals surface area contributed by atoms with E-state index in [0.717, 1.165) is 0 Å². The predicted molar refractivity (Wildman–Crippen MR) is 89.8 cm³/mol. The molecule has 150 valence electrons. The minimum Gasteiger partial charge on any atom is -0.480 e. The Morgan fingerprint density at radius 2 is 2.04 bits per heavy atom. The first kappa shape index (κ1) is 19.8. The fraction of sp³-hybridized carbons (Fsp3) is 0.389. The second-order valence-corrected chi connectivity index (χ2v) is 6.68. The first-order valence-corrected chi connectivity index (χ1v) is 8.54. The monoisotopic (exact) mass is 399 g/mol. The lowest BCUT2D eigenvalue weighted by Crippen LogP contribution is -2.44. The van der Waals surface area contributed by atoms with Crippen molar-refractivity contribution in [3.8, 4) is 5.69 Å². The van der Waals surface area contributed by atoms with E-state index in [1.165, 1.54) is 16.8 Å². The van der Waals surface area contributed by atoms with Crippen molar-refractivity contribution in [3.05, 3.63) is 46.5 Å². The van der Waals surface area contributed by atoms with Crippen molar-refractivity contribution in [3.63, 3.8) is 0 Å². The average Bonchev–Trinajstić information content (AvgIpc) is 3.15. The summed E-state index contributed by atoms with van der Waals surface area (Å²) in [7, 11) is 0. The molecule has 1 amide bonds. The Labute approximate surface area is 157 Å². The molecule has 28 heavy (non-hydrogen) atoms. The molecule has 1 aliphatic rings. The average molecular weight is 399 g/mol. The van der Waals surface area contributed by atoms with Gasteiger partial charge < -0.3 is 10.4 Å². The molecular formula is C18H17F4N3O3. The summed E-state index contributed by atoms with van der Waals surface area (Å²) in [5.41, 5.74) is 1.72. The van der Waals surface area contributed by atoms with E-state index in [2.05, 4.69) is 5.10 Å². The van der Waals surface area contributed by atoms with Crippen LogP contribution in [0.3, 0.4) is 0 Å². The number of nitrogens with zero attached hydrogens (tertiary/aromatic N) is 2. The Kier molecular flexibility index (Phi) is 5.14. The van der Waals surface area contributed by atoms with Crippen LogP contribution in [0.1, 0.15) is 40.2 Å². The molecule has 6 nitrogen and oxygen atoms in total. The molecule has 1 aromatic heterocycles. The number of carbonyl (C=O) groups is 2. The lowest BCUT2D eigenvalue weighted by atomic mass is 10.1. The van der Waals surface area contributed by atoms with Gasteiger partial charge in [0.1, 0.15) is 17.5 Å². The van der Waals surface area contributed by atoms with E-state index in [-0.39, 0.29) is 11.4 Å². The number of rotatable bonds is 5. The summed E-state index contributed by atoms with van der Waals surface area (Å²) in [6.07, 6.45) is -4.82. The van der Waals surface area contributed by atoms with Gasteiger partial charge in [0, 0.05) is 11.3 Å². The second-order valence-electron chi connectivity index (χ2n) is 6.68. The zero-order valence-corrected chi connectivity index (χ0v) is 14.8. The molecule has 2 N–H and O–H groups in total. The van der Waals surface area contributed by atoms with Gasteiger partial charge in [0.15, 0.2) is 5.69 Å². The number of amides is 1. The number of halogens is 4. The standard InChI is InChI=1S/C18H17F4N3O3/c1-9-5-6-14(11(19)7-9)25-13-4-2-3-10(13)15(24-25)16(26)23-12(17(27)28)8-18(20,21)22/h5-7,12H,2-4,8H2,1H3,(H,23,26)(H,27,28). The smallest absolute Gasteiger partial charge is 0.391 e. The van der Waals surface area contributed by atoms with E-state index in [4.69, 9.17) is 5.11 Å². The zero-order valence-electron chi connectivity index (χ0n) is 14.8. The van der Waals surface area contributed by atoms with Gasteiger partial charge >= 0.3 is 12.1 Å². The highest BCUT2D eigenvalue weighted by atomic mass is 19.4. The number of benzene rings is 1. The second kappa shape index (κ2) is 7.25. The molecule has 0 spiro atoms. The van der Waals surface area contributed by atoms with Crippen LogP contribution in [0, 0.1) is 12.7 Å². The van der Waals surface area contributed by atoms with E-state index in [1.807, 2.05) is 5.32 Å². The van der Waals surface area contributed by atoms with E-state index >= 15 is 0 Å².